The summed E-state index contributed by atoms with van der Waals surface area (Å²) in [7, 11) is 0. The number of benzene rings is 1. The molecule has 156 valence electrons. The molecule has 1 atom stereocenters. The molecule has 29 heavy (non-hydrogen) atoms. The maximum Gasteiger partial charge on any atom is 0.236 e. The molecule has 0 aromatic heterocycles. The number of rotatable bonds is 4. The van der Waals surface area contributed by atoms with E-state index in [4.69, 9.17) is 11.6 Å². The van der Waals surface area contributed by atoms with Gasteiger partial charge in [-0.05, 0) is 30.9 Å². The number of nitrogens with one attached hydrogen (secondary N) is 1. The van der Waals surface area contributed by atoms with Gasteiger partial charge in [0.2, 0.25) is 17.7 Å². The summed E-state index contributed by atoms with van der Waals surface area (Å²) in [6.07, 6.45) is 3.05. The van der Waals surface area contributed by atoms with E-state index in [0.29, 0.717) is 24.4 Å². The maximum atomic E-state index is 12.4. The first-order chi connectivity index (χ1) is 14.0. The Morgan fingerprint density at radius 3 is 2.48 bits per heavy atom. The number of anilines is 1. The summed E-state index contributed by atoms with van der Waals surface area (Å²) in [5, 5.41) is 3.00. The lowest BCUT2D eigenvalue weighted by molar-refractivity contribution is -0.134. The van der Waals surface area contributed by atoms with E-state index < -0.39 is 0 Å². The van der Waals surface area contributed by atoms with Gasteiger partial charge >= 0.3 is 0 Å². The number of imide groups is 1. The Bertz CT molecular complexity index is 801. The quantitative estimate of drug-likeness (QED) is 0.752. The van der Waals surface area contributed by atoms with Crippen LogP contribution in [-0.2, 0) is 14.4 Å². The monoisotopic (exact) mass is 418 g/mol. The molecule has 3 aliphatic heterocycles. The van der Waals surface area contributed by atoms with Crippen molar-refractivity contribution in [2.75, 3.05) is 50.7 Å². The van der Waals surface area contributed by atoms with Gasteiger partial charge in [0.1, 0.15) is 0 Å². The van der Waals surface area contributed by atoms with Crippen molar-refractivity contribution in [1.82, 2.24) is 15.1 Å². The lowest BCUT2D eigenvalue weighted by Gasteiger charge is -2.37. The summed E-state index contributed by atoms with van der Waals surface area (Å²) in [5.74, 6) is -0.656. The average molecular weight is 419 g/mol. The van der Waals surface area contributed by atoms with Gasteiger partial charge in [-0.25, -0.2) is 0 Å². The predicted octanol–water partition coefficient (Wildman–Crippen LogP) is 1.60. The highest BCUT2D eigenvalue weighted by molar-refractivity contribution is 6.34. The number of halogens is 1. The molecule has 3 aliphatic rings. The van der Waals surface area contributed by atoms with Crippen LogP contribution in [0, 0.1) is 0 Å². The SMILES string of the molecule is O=C1CCC(c2cccc(N3CCN(CC(=O)N4CCCC4)CC3)c2Cl)C(=O)N1. The topological polar surface area (TPSA) is 73.0 Å². The molecule has 1 N–H and O–H groups in total. The molecule has 0 aliphatic carbocycles. The minimum absolute atomic E-state index is 0.224. The van der Waals surface area contributed by atoms with E-state index in [0.717, 1.165) is 63.4 Å². The van der Waals surface area contributed by atoms with Crippen LogP contribution in [0.5, 0.6) is 0 Å². The second-order valence-corrected chi connectivity index (χ2v) is 8.41. The van der Waals surface area contributed by atoms with Gasteiger partial charge in [0.15, 0.2) is 0 Å². The zero-order valence-corrected chi connectivity index (χ0v) is 17.3. The molecule has 0 spiro atoms. The number of carbonyl (C=O) groups excluding carboxylic acids is 3. The molecule has 3 saturated heterocycles. The molecule has 0 saturated carbocycles. The van der Waals surface area contributed by atoms with Gasteiger partial charge in [0.05, 0.1) is 23.2 Å². The Kier molecular flexibility index (Phi) is 6.06. The van der Waals surface area contributed by atoms with Crippen molar-refractivity contribution >= 4 is 35.0 Å². The van der Waals surface area contributed by atoms with Crippen LogP contribution in [0.2, 0.25) is 5.02 Å². The van der Waals surface area contributed by atoms with Gasteiger partial charge in [0.25, 0.3) is 0 Å². The van der Waals surface area contributed by atoms with Crippen molar-refractivity contribution in [2.45, 2.75) is 31.6 Å². The van der Waals surface area contributed by atoms with E-state index in [2.05, 4.69) is 15.1 Å². The number of hydrogen-bond donors (Lipinski definition) is 1. The summed E-state index contributed by atoms with van der Waals surface area (Å²) in [6, 6.07) is 5.77. The van der Waals surface area contributed by atoms with Crippen LogP contribution in [-0.4, -0.2) is 73.3 Å². The smallest absolute Gasteiger partial charge is 0.236 e. The summed E-state index contributed by atoms with van der Waals surface area (Å²) < 4.78 is 0. The van der Waals surface area contributed by atoms with E-state index in [1.807, 2.05) is 23.1 Å². The van der Waals surface area contributed by atoms with Crippen molar-refractivity contribution in [3.8, 4) is 0 Å². The molecule has 3 fully saturated rings. The summed E-state index contributed by atoms with van der Waals surface area (Å²) in [4.78, 5) is 42.5. The van der Waals surface area contributed by atoms with E-state index in [1.54, 1.807) is 0 Å². The van der Waals surface area contributed by atoms with Crippen LogP contribution in [0.3, 0.4) is 0 Å². The molecule has 3 heterocycles. The van der Waals surface area contributed by atoms with Gasteiger partial charge in [-0.1, -0.05) is 23.7 Å². The first kappa shape index (κ1) is 20.2. The maximum absolute atomic E-state index is 12.4. The second kappa shape index (κ2) is 8.71. The number of hydrogen-bond acceptors (Lipinski definition) is 5. The molecule has 1 aromatic rings. The van der Waals surface area contributed by atoms with E-state index >= 15 is 0 Å². The third kappa shape index (κ3) is 4.41. The number of amides is 3. The van der Waals surface area contributed by atoms with E-state index in [-0.39, 0.29) is 23.6 Å². The third-order valence-corrected chi connectivity index (χ3v) is 6.57. The molecule has 3 amide bonds. The summed E-state index contributed by atoms with van der Waals surface area (Å²) in [5.41, 5.74) is 1.69. The van der Waals surface area contributed by atoms with Crippen LogP contribution < -0.4 is 10.2 Å². The molecule has 4 rings (SSSR count). The zero-order chi connectivity index (χ0) is 20.4. The molecule has 1 unspecified atom stereocenters. The lowest BCUT2D eigenvalue weighted by Crippen LogP contribution is -2.50. The van der Waals surface area contributed by atoms with Gasteiger partial charge < -0.3 is 9.80 Å². The van der Waals surface area contributed by atoms with Crippen LogP contribution >= 0.6 is 11.6 Å². The molecular weight excluding hydrogens is 392 g/mol. The molecule has 0 radical (unpaired) electrons. The minimum Gasteiger partial charge on any atom is -0.368 e. The Hall–Kier alpha value is -2.12. The van der Waals surface area contributed by atoms with Crippen molar-refractivity contribution in [3.63, 3.8) is 0 Å². The van der Waals surface area contributed by atoms with E-state index in [9.17, 15) is 14.4 Å². The van der Waals surface area contributed by atoms with E-state index in [1.165, 1.54) is 0 Å². The van der Waals surface area contributed by atoms with Crippen LogP contribution in [0.1, 0.15) is 37.2 Å². The number of likely N-dealkylation sites (tertiary alicyclic amines) is 1. The van der Waals surface area contributed by atoms with Gasteiger partial charge in [-0.15, -0.1) is 0 Å². The fourth-order valence-electron chi connectivity index (χ4n) is 4.45. The summed E-state index contributed by atoms with van der Waals surface area (Å²) >= 11 is 6.70. The fraction of sp³-hybridized carbons (Fsp3) is 0.571. The largest absolute Gasteiger partial charge is 0.368 e. The fourth-order valence-corrected chi connectivity index (χ4v) is 4.82. The van der Waals surface area contributed by atoms with Gasteiger partial charge in [0, 0.05) is 45.7 Å². The Balaban J connectivity index is 1.39. The Morgan fingerprint density at radius 1 is 1.07 bits per heavy atom. The van der Waals surface area contributed by atoms with Gasteiger partial charge in [-0.2, -0.15) is 0 Å². The van der Waals surface area contributed by atoms with Crippen LogP contribution in [0.15, 0.2) is 18.2 Å². The Labute approximate surface area is 176 Å². The van der Waals surface area contributed by atoms with Gasteiger partial charge in [-0.3, -0.25) is 24.6 Å². The number of piperidine rings is 1. The van der Waals surface area contributed by atoms with Crippen molar-refractivity contribution in [1.29, 1.82) is 0 Å². The minimum atomic E-state index is -0.389. The average Bonchev–Trinajstić information content (AvgIpc) is 3.25. The lowest BCUT2D eigenvalue weighted by atomic mass is 9.90. The second-order valence-electron chi connectivity index (χ2n) is 8.04. The zero-order valence-electron chi connectivity index (χ0n) is 16.5. The first-order valence-corrected chi connectivity index (χ1v) is 10.8. The predicted molar refractivity (Wildman–Crippen MR) is 111 cm³/mol. The highest BCUT2D eigenvalue weighted by Gasteiger charge is 2.31. The summed E-state index contributed by atoms with van der Waals surface area (Å²) in [6.45, 7) is 5.44. The standard InChI is InChI=1S/C21H27ClN4O3/c22-20-15(16-6-7-18(27)23-21(16)29)4-3-5-17(20)25-12-10-24(11-13-25)14-19(28)26-8-1-2-9-26/h3-5,16H,1-2,6-14H2,(H,23,27,29). The highest BCUT2D eigenvalue weighted by Crippen LogP contribution is 2.37. The number of piperazine rings is 1. The first-order valence-electron chi connectivity index (χ1n) is 10.4. The molecule has 8 heteroatoms. The van der Waals surface area contributed by atoms with Crippen LogP contribution in [0.4, 0.5) is 5.69 Å². The normalized spacial score (nSPS) is 23.4. The molecular formula is C21H27ClN4O3. The van der Waals surface area contributed by atoms with Crippen molar-refractivity contribution < 1.29 is 14.4 Å². The van der Waals surface area contributed by atoms with Crippen LogP contribution in [0.25, 0.3) is 0 Å². The van der Waals surface area contributed by atoms with Crippen molar-refractivity contribution in [3.05, 3.63) is 28.8 Å². The van der Waals surface area contributed by atoms with Crippen molar-refractivity contribution in [2.24, 2.45) is 0 Å². The number of carbonyl (C=O) groups is 3. The number of nitrogens with zero attached hydrogens (tertiary/aromatic N) is 3. The molecule has 0 bridgehead atoms. The molecule has 7 nitrogen and oxygen atoms in total. The Morgan fingerprint density at radius 2 is 1.79 bits per heavy atom. The third-order valence-electron chi connectivity index (χ3n) is 6.15. The molecule has 1 aromatic carbocycles. The highest BCUT2D eigenvalue weighted by atomic mass is 35.5.